The normalized spacial score (nSPS) is 19.1. The van der Waals surface area contributed by atoms with Crippen LogP contribution in [0.1, 0.15) is 31.2 Å². The van der Waals surface area contributed by atoms with Crippen LogP contribution in [0.15, 0.2) is 24.3 Å². The highest BCUT2D eigenvalue weighted by atomic mass is 16.2. The molecule has 108 valence electrons. The maximum atomic E-state index is 12.3. The number of para-hydroxylation sites is 1. The lowest BCUT2D eigenvalue weighted by Gasteiger charge is -2.17. The van der Waals surface area contributed by atoms with Crippen molar-refractivity contribution in [3.05, 3.63) is 29.8 Å². The van der Waals surface area contributed by atoms with Crippen LogP contribution >= 0.6 is 0 Å². The van der Waals surface area contributed by atoms with Gasteiger partial charge in [0, 0.05) is 5.69 Å². The Hall–Kier alpha value is -1.88. The fraction of sp³-hybridized carbons (Fsp3) is 0.467. The Morgan fingerprint density at radius 1 is 1.25 bits per heavy atom. The number of carbonyl (C=O) groups excluding carboxylic acids is 2. The lowest BCUT2D eigenvalue weighted by atomic mass is 10.1. The fourth-order valence-corrected chi connectivity index (χ4v) is 2.46. The number of nitrogens with two attached hydrogens (primary N) is 1. The molecule has 0 saturated carbocycles. The van der Waals surface area contributed by atoms with Gasteiger partial charge >= 0.3 is 0 Å². The van der Waals surface area contributed by atoms with Gasteiger partial charge in [0.1, 0.15) is 0 Å². The van der Waals surface area contributed by atoms with Crippen molar-refractivity contribution in [1.82, 2.24) is 5.32 Å². The average Bonchev–Trinajstić information content (AvgIpc) is 2.69. The van der Waals surface area contributed by atoms with Crippen LogP contribution < -0.4 is 16.4 Å². The van der Waals surface area contributed by atoms with Crippen LogP contribution in [0, 0.1) is 0 Å². The summed E-state index contributed by atoms with van der Waals surface area (Å²) >= 11 is 0. The van der Waals surface area contributed by atoms with E-state index in [2.05, 4.69) is 10.6 Å². The van der Waals surface area contributed by atoms with Crippen molar-refractivity contribution in [2.24, 2.45) is 5.73 Å². The average molecular weight is 275 g/mol. The molecule has 0 spiro atoms. The molecule has 1 aliphatic rings. The van der Waals surface area contributed by atoms with Crippen molar-refractivity contribution in [2.45, 2.75) is 38.1 Å². The van der Waals surface area contributed by atoms with Gasteiger partial charge in [0.05, 0.1) is 12.5 Å². The molecule has 1 heterocycles. The number of rotatable bonds is 4. The van der Waals surface area contributed by atoms with Gasteiger partial charge in [0.15, 0.2) is 0 Å². The predicted octanol–water partition coefficient (Wildman–Crippen LogP) is 1.19. The Bertz CT molecular complexity index is 480. The van der Waals surface area contributed by atoms with E-state index in [0.29, 0.717) is 5.69 Å². The van der Waals surface area contributed by atoms with E-state index in [4.69, 9.17) is 5.73 Å². The molecule has 1 atom stereocenters. The van der Waals surface area contributed by atoms with E-state index in [0.717, 1.165) is 37.8 Å². The van der Waals surface area contributed by atoms with Crippen molar-refractivity contribution in [2.75, 3.05) is 11.9 Å². The molecule has 4 N–H and O–H groups in total. The van der Waals surface area contributed by atoms with Crippen LogP contribution in [0.2, 0.25) is 0 Å². The molecule has 1 fully saturated rings. The highest BCUT2D eigenvalue weighted by molar-refractivity contribution is 5.96. The Kier molecular flexibility index (Phi) is 5.12. The molecule has 1 aliphatic heterocycles. The molecule has 1 aromatic rings. The summed E-state index contributed by atoms with van der Waals surface area (Å²) in [5.41, 5.74) is 6.64. The van der Waals surface area contributed by atoms with E-state index in [9.17, 15) is 9.59 Å². The predicted molar refractivity (Wildman–Crippen MR) is 78.2 cm³/mol. The number of carbonyl (C=O) groups is 2. The summed E-state index contributed by atoms with van der Waals surface area (Å²) in [6.07, 6.45) is 4.32. The van der Waals surface area contributed by atoms with Crippen molar-refractivity contribution in [3.63, 3.8) is 0 Å². The maximum Gasteiger partial charge on any atom is 0.241 e. The second-order valence-electron chi connectivity index (χ2n) is 5.15. The van der Waals surface area contributed by atoms with Crippen molar-refractivity contribution in [1.29, 1.82) is 0 Å². The highest BCUT2D eigenvalue weighted by Crippen LogP contribution is 2.17. The summed E-state index contributed by atoms with van der Waals surface area (Å²) in [6.45, 7) is 0.876. The third-order valence-electron chi connectivity index (χ3n) is 3.52. The van der Waals surface area contributed by atoms with Crippen LogP contribution in [-0.2, 0) is 16.0 Å². The molecule has 1 saturated heterocycles. The summed E-state index contributed by atoms with van der Waals surface area (Å²) in [5.74, 6) is -0.442. The zero-order valence-corrected chi connectivity index (χ0v) is 11.5. The quantitative estimate of drug-likeness (QED) is 0.771. The molecule has 0 aliphatic carbocycles. The second kappa shape index (κ2) is 7.05. The largest absolute Gasteiger partial charge is 0.369 e. The van der Waals surface area contributed by atoms with E-state index in [-0.39, 0.29) is 18.4 Å². The Balaban J connectivity index is 2.04. The lowest BCUT2D eigenvalue weighted by molar-refractivity contribution is -0.119. The topological polar surface area (TPSA) is 84.2 Å². The number of primary amides is 1. The number of amides is 2. The summed E-state index contributed by atoms with van der Waals surface area (Å²) in [5, 5.41) is 6.16. The van der Waals surface area contributed by atoms with Crippen LogP contribution in [0.3, 0.4) is 0 Å². The first kappa shape index (κ1) is 14.5. The van der Waals surface area contributed by atoms with Crippen LogP contribution in [0.4, 0.5) is 5.69 Å². The third-order valence-corrected chi connectivity index (χ3v) is 3.52. The summed E-state index contributed by atoms with van der Waals surface area (Å²) in [4.78, 5) is 23.3. The molecule has 0 aromatic heterocycles. The Morgan fingerprint density at radius 3 is 2.85 bits per heavy atom. The fourth-order valence-electron chi connectivity index (χ4n) is 2.46. The summed E-state index contributed by atoms with van der Waals surface area (Å²) in [7, 11) is 0. The molecular weight excluding hydrogens is 254 g/mol. The standard InChI is InChI=1S/C15H21N3O2/c16-14(19)10-11-6-3-4-7-12(11)18-15(20)13-8-2-1-5-9-17-13/h3-4,6-7,13,17H,1-2,5,8-10H2,(H2,16,19)(H,18,20). The van der Waals surface area contributed by atoms with Gasteiger partial charge in [-0.25, -0.2) is 0 Å². The molecule has 0 bridgehead atoms. The minimum absolute atomic E-state index is 0.0381. The Morgan fingerprint density at radius 2 is 2.05 bits per heavy atom. The number of benzene rings is 1. The molecule has 20 heavy (non-hydrogen) atoms. The SMILES string of the molecule is NC(=O)Cc1ccccc1NC(=O)C1CCCCCN1. The third kappa shape index (κ3) is 4.06. The van der Waals surface area contributed by atoms with Gasteiger partial charge in [-0.1, -0.05) is 31.0 Å². The van der Waals surface area contributed by atoms with Crippen LogP contribution in [0.25, 0.3) is 0 Å². The molecular formula is C15H21N3O2. The second-order valence-corrected chi connectivity index (χ2v) is 5.15. The smallest absolute Gasteiger partial charge is 0.241 e. The maximum absolute atomic E-state index is 12.3. The number of hydrogen-bond acceptors (Lipinski definition) is 3. The van der Waals surface area contributed by atoms with Crippen molar-refractivity contribution in [3.8, 4) is 0 Å². The van der Waals surface area contributed by atoms with Crippen molar-refractivity contribution < 1.29 is 9.59 Å². The van der Waals surface area contributed by atoms with E-state index < -0.39 is 5.91 Å². The van der Waals surface area contributed by atoms with Gasteiger partial charge in [-0.05, 0) is 31.0 Å². The number of nitrogens with one attached hydrogen (secondary N) is 2. The highest BCUT2D eigenvalue weighted by Gasteiger charge is 2.20. The summed E-state index contributed by atoms with van der Waals surface area (Å²) in [6, 6.07) is 7.12. The molecule has 1 aromatic carbocycles. The first-order valence-corrected chi connectivity index (χ1v) is 7.07. The van der Waals surface area contributed by atoms with Crippen LogP contribution in [0.5, 0.6) is 0 Å². The molecule has 0 radical (unpaired) electrons. The summed E-state index contributed by atoms with van der Waals surface area (Å²) < 4.78 is 0. The Labute approximate surface area is 118 Å². The molecule has 1 unspecified atom stereocenters. The van der Waals surface area contributed by atoms with Gasteiger partial charge in [-0.15, -0.1) is 0 Å². The lowest BCUT2D eigenvalue weighted by Crippen LogP contribution is -2.40. The van der Waals surface area contributed by atoms with Gasteiger partial charge in [-0.2, -0.15) is 0 Å². The molecule has 5 heteroatoms. The van der Waals surface area contributed by atoms with Gasteiger partial charge in [-0.3, -0.25) is 9.59 Å². The van der Waals surface area contributed by atoms with Gasteiger partial charge in [0.25, 0.3) is 0 Å². The first-order chi connectivity index (χ1) is 9.66. The zero-order valence-electron chi connectivity index (χ0n) is 11.5. The van der Waals surface area contributed by atoms with Gasteiger partial charge in [0.2, 0.25) is 11.8 Å². The van der Waals surface area contributed by atoms with E-state index in [1.54, 1.807) is 12.1 Å². The van der Waals surface area contributed by atoms with E-state index in [1.807, 2.05) is 12.1 Å². The van der Waals surface area contributed by atoms with E-state index in [1.165, 1.54) is 0 Å². The first-order valence-electron chi connectivity index (χ1n) is 7.07. The van der Waals surface area contributed by atoms with Gasteiger partial charge < -0.3 is 16.4 Å². The molecule has 2 rings (SSSR count). The molecule has 2 amide bonds. The number of anilines is 1. The van der Waals surface area contributed by atoms with Crippen molar-refractivity contribution >= 4 is 17.5 Å². The number of hydrogen-bond donors (Lipinski definition) is 3. The zero-order chi connectivity index (χ0) is 14.4. The van der Waals surface area contributed by atoms with E-state index >= 15 is 0 Å². The minimum Gasteiger partial charge on any atom is -0.369 e. The monoisotopic (exact) mass is 275 g/mol. The van der Waals surface area contributed by atoms with Crippen LogP contribution in [-0.4, -0.2) is 24.4 Å². The minimum atomic E-state index is -0.403. The molecule has 5 nitrogen and oxygen atoms in total.